The maximum Gasteiger partial charge on any atom is 0.240 e. The van der Waals surface area contributed by atoms with Gasteiger partial charge in [-0.3, -0.25) is 0 Å². The molecule has 0 spiro atoms. The van der Waals surface area contributed by atoms with Gasteiger partial charge in [0.25, 0.3) is 0 Å². The minimum Gasteiger partial charge on any atom is -0.368 e. The second-order valence-electron chi connectivity index (χ2n) is 4.84. The van der Waals surface area contributed by atoms with Crippen LogP contribution in [0.2, 0.25) is 0 Å². The number of benzene rings is 1. The van der Waals surface area contributed by atoms with Gasteiger partial charge in [0.1, 0.15) is 4.90 Å². The zero-order valence-electron chi connectivity index (χ0n) is 10.4. The summed E-state index contributed by atoms with van der Waals surface area (Å²) in [6.07, 6.45) is 1.72. The Morgan fingerprint density at radius 1 is 1.33 bits per heavy atom. The molecule has 0 radical (unpaired) electrons. The van der Waals surface area contributed by atoms with E-state index < -0.39 is 10.0 Å². The summed E-state index contributed by atoms with van der Waals surface area (Å²) < 4.78 is 23.2. The van der Waals surface area contributed by atoms with Gasteiger partial charge >= 0.3 is 0 Å². The van der Waals surface area contributed by atoms with Gasteiger partial charge in [0.15, 0.2) is 0 Å². The highest BCUT2D eigenvalue weighted by Gasteiger charge is 2.26. The minimum atomic E-state index is -3.69. The predicted molar refractivity (Wildman–Crippen MR) is 71.8 cm³/mol. The lowest BCUT2D eigenvalue weighted by Crippen LogP contribution is -2.46. The topological polar surface area (TPSA) is 89.4 Å². The molecule has 1 fully saturated rings. The summed E-state index contributed by atoms with van der Waals surface area (Å²) in [4.78, 5) is 2.26. The number of primary sulfonamides is 1. The van der Waals surface area contributed by atoms with Gasteiger partial charge in [-0.15, -0.1) is 0 Å². The third-order valence-corrected chi connectivity index (χ3v) is 4.36. The van der Waals surface area contributed by atoms with Crippen molar-refractivity contribution in [2.24, 2.45) is 10.9 Å². The fraction of sp³-hybridized carbons (Fsp3) is 0.500. The molecule has 2 atom stereocenters. The first kappa shape index (κ1) is 13.3. The lowest BCUT2D eigenvalue weighted by atomic mass is 9.98. The van der Waals surface area contributed by atoms with E-state index in [1.54, 1.807) is 18.2 Å². The number of piperidine rings is 1. The van der Waals surface area contributed by atoms with Crippen molar-refractivity contribution in [3.8, 4) is 0 Å². The van der Waals surface area contributed by atoms with Crippen molar-refractivity contribution in [2.45, 2.75) is 36.7 Å². The van der Waals surface area contributed by atoms with Crippen LogP contribution in [0.5, 0.6) is 0 Å². The number of sulfonamides is 1. The van der Waals surface area contributed by atoms with Crippen molar-refractivity contribution < 1.29 is 8.42 Å². The van der Waals surface area contributed by atoms with Crippen LogP contribution < -0.4 is 15.8 Å². The number of rotatable bonds is 2. The van der Waals surface area contributed by atoms with Crippen molar-refractivity contribution in [3.05, 3.63) is 24.3 Å². The summed E-state index contributed by atoms with van der Waals surface area (Å²) in [6.45, 7) is 2.81. The van der Waals surface area contributed by atoms with Gasteiger partial charge < -0.3 is 10.6 Å². The molecule has 1 aromatic rings. The average molecular weight is 269 g/mol. The van der Waals surface area contributed by atoms with E-state index in [0.29, 0.717) is 5.69 Å². The molecule has 1 aliphatic heterocycles. The molecule has 18 heavy (non-hydrogen) atoms. The van der Waals surface area contributed by atoms with E-state index in [9.17, 15) is 8.42 Å². The SMILES string of the molecule is CC1CC(N)CCN1c1ccccc1S(N)(=O)=O. The van der Waals surface area contributed by atoms with Crippen LogP contribution in [0.15, 0.2) is 29.2 Å². The molecule has 0 aliphatic carbocycles. The van der Waals surface area contributed by atoms with Crippen LogP contribution in [-0.4, -0.2) is 27.0 Å². The molecular weight excluding hydrogens is 250 g/mol. The van der Waals surface area contributed by atoms with E-state index in [-0.39, 0.29) is 17.0 Å². The number of nitrogens with two attached hydrogens (primary N) is 2. The Bertz CT molecular complexity index is 530. The highest BCUT2D eigenvalue weighted by Crippen LogP contribution is 2.29. The molecule has 2 rings (SSSR count). The summed E-state index contributed by atoms with van der Waals surface area (Å²) in [7, 11) is -3.69. The van der Waals surface area contributed by atoms with Crippen molar-refractivity contribution in [1.82, 2.24) is 0 Å². The average Bonchev–Trinajstić information content (AvgIpc) is 2.28. The van der Waals surface area contributed by atoms with Gasteiger partial charge in [0.2, 0.25) is 10.0 Å². The Labute approximate surface area is 108 Å². The highest BCUT2D eigenvalue weighted by atomic mass is 32.2. The summed E-state index contributed by atoms with van der Waals surface area (Å²) in [5, 5.41) is 5.26. The van der Waals surface area contributed by atoms with Gasteiger partial charge in [-0.25, -0.2) is 13.6 Å². The maximum atomic E-state index is 11.6. The molecule has 2 unspecified atom stereocenters. The van der Waals surface area contributed by atoms with Crippen molar-refractivity contribution >= 4 is 15.7 Å². The lowest BCUT2D eigenvalue weighted by molar-refractivity contribution is 0.428. The molecule has 0 bridgehead atoms. The quantitative estimate of drug-likeness (QED) is 0.825. The van der Waals surface area contributed by atoms with Crippen LogP contribution in [0.25, 0.3) is 0 Å². The van der Waals surface area contributed by atoms with Gasteiger partial charge in [0, 0.05) is 18.6 Å². The molecular formula is C12H19N3O2S. The van der Waals surface area contributed by atoms with Crippen molar-refractivity contribution in [1.29, 1.82) is 0 Å². The second kappa shape index (κ2) is 4.87. The molecule has 100 valence electrons. The maximum absolute atomic E-state index is 11.6. The first-order valence-electron chi connectivity index (χ1n) is 6.03. The van der Waals surface area contributed by atoms with E-state index in [1.807, 2.05) is 6.07 Å². The zero-order valence-corrected chi connectivity index (χ0v) is 11.2. The predicted octanol–water partition coefficient (Wildman–Crippen LogP) is 0.650. The molecule has 0 aromatic heterocycles. The number of hydrogen-bond donors (Lipinski definition) is 2. The molecule has 0 amide bonds. The fourth-order valence-electron chi connectivity index (χ4n) is 2.50. The highest BCUT2D eigenvalue weighted by molar-refractivity contribution is 7.89. The van der Waals surface area contributed by atoms with Gasteiger partial charge in [-0.05, 0) is 31.9 Å². The minimum absolute atomic E-state index is 0.187. The Hall–Kier alpha value is -1.11. The van der Waals surface area contributed by atoms with Crippen molar-refractivity contribution in [3.63, 3.8) is 0 Å². The third kappa shape index (κ3) is 2.66. The molecule has 4 N–H and O–H groups in total. The molecule has 1 aliphatic rings. The van der Waals surface area contributed by atoms with Gasteiger partial charge in [0.05, 0.1) is 5.69 Å². The van der Waals surface area contributed by atoms with E-state index in [4.69, 9.17) is 10.9 Å². The Morgan fingerprint density at radius 3 is 2.61 bits per heavy atom. The first-order valence-corrected chi connectivity index (χ1v) is 7.58. The Morgan fingerprint density at radius 2 is 2.00 bits per heavy atom. The molecule has 6 heteroatoms. The van der Waals surface area contributed by atoms with Crippen LogP contribution in [-0.2, 0) is 10.0 Å². The number of nitrogens with zero attached hydrogens (tertiary/aromatic N) is 1. The van der Waals surface area contributed by atoms with Gasteiger partial charge in [-0.2, -0.15) is 0 Å². The first-order chi connectivity index (χ1) is 8.39. The van der Waals surface area contributed by atoms with E-state index in [1.165, 1.54) is 0 Å². The molecule has 1 saturated heterocycles. The number of anilines is 1. The monoisotopic (exact) mass is 269 g/mol. The smallest absolute Gasteiger partial charge is 0.240 e. The molecule has 1 aromatic carbocycles. The van der Waals surface area contributed by atoms with Crippen LogP contribution in [0.1, 0.15) is 19.8 Å². The van der Waals surface area contributed by atoms with E-state index >= 15 is 0 Å². The van der Waals surface area contributed by atoms with E-state index in [2.05, 4.69) is 11.8 Å². The largest absolute Gasteiger partial charge is 0.368 e. The number of hydrogen-bond acceptors (Lipinski definition) is 4. The fourth-order valence-corrected chi connectivity index (χ4v) is 3.25. The Kier molecular flexibility index (Phi) is 3.61. The standard InChI is InChI=1S/C12H19N3O2S/c1-9-8-10(13)6-7-15(9)11-4-2-3-5-12(11)18(14,16)17/h2-5,9-10H,6-8,13H2,1H3,(H2,14,16,17). The molecule has 0 saturated carbocycles. The zero-order chi connectivity index (χ0) is 13.3. The normalized spacial score (nSPS) is 25.2. The molecule has 5 nitrogen and oxygen atoms in total. The second-order valence-corrected chi connectivity index (χ2v) is 6.37. The van der Waals surface area contributed by atoms with Crippen molar-refractivity contribution in [2.75, 3.05) is 11.4 Å². The summed E-state index contributed by atoms with van der Waals surface area (Å²) in [5.41, 5.74) is 6.60. The van der Waals surface area contributed by atoms with Crippen LogP contribution in [0.3, 0.4) is 0 Å². The lowest BCUT2D eigenvalue weighted by Gasteiger charge is -2.38. The van der Waals surface area contributed by atoms with Gasteiger partial charge in [-0.1, -0.05) is 12.1 Å². The van der Waals surface area contributed by atoms with Crippen LogP contribution >= 0.6 is 0 Å². The van der Waals surface area contributed by atoms with E-state index in [0.717, 1.165) is 19.4 Å². The summed E-state index contributed by atoms with van der Waals surface area (Å²) in [5.74, 6) is 0. The Balaban J connectivity index is 2.40. The molecule has 1 heterocycles. The van der Waals surface area contributed by atoms with Crippen LogP contribution in [0, 0.1) is 0 Å². The number of para-hydroxylation sites is 1. The third-order valence-electron chi connectivity index (χ3n) is 3.40. The summed E-state index contributed by atoms with van der Waals surface area (Å²) in [6, 6.07) is 7.27. The van der Waals surface area contributed by atoms with Crippen LogP contribution in [0.4, 0.5) is 5.69 Å². The summed E-state index contributed by atoms with van der Waals surface area (Å²) >= 11 is 0.